The van der Waals surface area contributed by atoms with Gasteiger partial charge in [0, 0.05) is 97.2 Å². The minimum absolute atomic E-state index is 0.000723. The lowest BCUT2D eigenvalue weighted by molar-refractivity contribution is -0.129. The number of ether oxygens (including phenoxy) is 2. The first-order valence-corrected chi connectivity index (χ1v) is 25.8. The van der Waals surface area contributed by atoms with Gasteiger partial charge >= 0.3 is 0 Å². The minimum Gasteiger partial charge on any atom is -0.501 e. The normalized spacial score (nSPS) is 16.7. The van der Waals surface area contributed by atoms with Gasteiger partial charge in [-0.15, -0.1) is 13.2 Å². The number of rotatable bonds is 27. The van der Waals surface area contributed by atoms with E-state index in [4.69, 9.17) is 25.2 Å². The fourth-order valence-electron chi connectivity index (χ4n) is 9.63. The monoisotopic (exact) mass is 1010 g/mol. The number of nitrogens with zero attached hydrogens (tertiary/aromatic N) is 5. The highest BCUT2D eigenvalue weighted by atomic mass is 16.5. The second-order valence-electron chi connectivity index (χ2n) is 19.4. The molecule has 15 heteroatoms. The van der Waals surface area contributed by atoms with Crippen molar-refractivity contribution in [1.82, 2.24) is 40.8 Å². The molecule has 0 bridgehead atoms. The van der Waals surface area contributed by atoms with E-state index in [1.54, 1.807) is 18.2 Å². The van der Waals surface area contributed by atoms with Gasteiger partial charge in [-0.2, -0.15) is 0 Å². The van der Waals surface area contributed by atoms with Crippen molar-refractivity contribution in [2.45, 2.75) is 125 Å². The van der Waals surface area contributed by atoms with Crippen molar-refractivity contribution in [3.8, 4) is 11.3 Å². The molecule has 0 spiro atoms. The van der Waals surface area contributed by atoms with Crippen LogP contribution in [-0.4, -0.2) is 110 Å². The molecular formula is C58H98N12O3. The van der Waals surface area contributed by atoms with E-state index in [9.17, 15) is 4.79 Å². The number of hydrazine groups is 1. The molecule has 1 aliphatic rings. The van der Waals surface area contributed by atoms with Gasteiger partial charge in [0.2, 0.25) is 5.91 Å². The summed E-state index contributed by atoms with van der Waals surface area (Å²) < 4.78 is 14.1. The van der Waals surface area contributed by atoms with Crippen LogP contribution in [0.3, 0.4) is 0 Å². The quantitative estimate of drug-likeness (QED) is 0.0126. The van der Waals surface area contributed by atoms with Gasteiger partial charge in [-0.1, -0.05) is 73.1 Å². The number of hydrogen-bond donors (Lipinski definition) is 7. The van der Waals surface area contributed by atoms with E-state index in [0.29, 0.717) is 32.7 Å². The third-order valence-corrected chi connectivity index (χ3v) is 13.0. The predicted octanol–water partition coefficient (Wildman–Crippen LogP) is 9.03. The third-order valence-electron chi connectivity index (χ3n) is 13.0. The van der Waals surface area contributed by atoms with Crippen LogP contribution >= 0.6 is 0 Å². The number of hydrogen-bond acceptors (Lipinski definition) is 13. The number of methoxy groups -OCH3 is 1. The summed E-state index contributed by atoms with van der Waals surface area (Å²) in [5.74, 6) is 0.0273. The van der Waals surface area contributed by atoms with Gasteiger partial charge in [0.25, 0.3) is 0 Å². The number of nitrogens with one attached hydrogen (secondary N) is 4. The van der Waals surface area contributed by atoms with Crippen molar-refractivity contribution >= 4 is 28.2 Å². The smallest absolute Gasteiger partial charge is 0.247 e. The number of aryl methyl sites for hydroxylation is 1. The molecule has 408 valence electrons. The zero-order valence-corrected chi connectivity index (χ0v) is 47.4. The Morgan fingerprint density at radius 1 is 1.08 bits per heavy atom. The van der Waals surface area contributed by atoms with Crippen LogP contribution in [0.2, 0.25) is 0 Å². The number of carbonyl (C=O) groups excluding carboxylic acids is 1. The zero-order chi connectivity index (χ0) is 55.5. The van der Waals surface area contributed by atoms with Gasteiger partial charge in [0.15, 0.2) is 0 Å². The molecule has 2 aromatic heterocycles. The van der Waals surface area contributed by atoms with E-state index in [-0.39, 0.29) is 35.3 Å². The lowest BCUT2D eigenvalue weighted by Crippen LogP contribution is -2.62. The number of benzene rings is 1. The largest absolute Gasteiger partial charge is 0.501 e. The summed E-state index contributed by atoms with van der Waals surface area (Å²) in [6, 6.07) is 10.9. The molecule has 1 aliphatic heterocycles. The highest BCUT2D eigenvalue weighted by Gasteiger charge is 2.36. The molecule has 0 saturated carbocycles. The van der Waals surface area contributed by atoms with Crippen molar-refractivity contribution in [2.75, 3.05) is 61.0 Å². The van der Waals surface area contributed by atoms with Crippen LogP contribution in [0.25, 0.3) is 27.9 Å². The second-order valence-corrected chi connectivity index (χ2v) is 19.4. The number of pyridine rings is 1. The summed E-state index contributed by atoms with van der Waals surface area (Å²) in [5, 5.41) is 8.22. The third kappa shape index (κ3) is 18.5. The Morgan fingerprint density at radius 3 is 2.36 bits per heavy atom. The zero-order valence-electron chi connectivity index (χ0n) is 47.4. The lowest BCUT2D eigenvalue weighted by Gasteiger charge is -2.42. The Hall–Kier alpha value is -5.39. The number of nitrogens with two attached hydrogens (primary N) is 3. The number of amides is 1. The average molecular weight is 1010 g/mol. The molecular weight excluding hydrogens is 913 g/mol. The number of likely N-dealkylation sites (N-methyl/N-ethyl adjacent to an activating group) is 1. The minimum atomic E-state index is -0.557. The fourth-order valence-corrected chi connectivity index (χ4v) is 9.63. The highest BCUT2D eigenvalue weighted by molar-refractivity contribution is 5.96. The molecule has 0 aliphatic carbocycles. The van der Waals surface area contributed by atoms with Crippen LogP contribution in [0.15, 0.2) is 111 Å². The average Bonchev–Trinajstić information content (AvgIpc) is 3.50. The lowest BCUT2D eigenvalue weighted by atomic mass is 9.84. The maximum Gasteiger partial charge on any atom is 0.247 e. The first-order chi connectivity index (χ1) is 34.9. The van der Waals surface area contributed by atoms with Crippen LogP contribution in [0.5, 0.6) is 0 Å². The molecule has 1 aromatic carbocycles. The molecule has 1 saturated heterocycles. The Balaban J connectivity index is 0.00000427. The van der Waals surface area contributed by atoms with Crippen molar-refractivity contribution in [3.05, 3.63) is 123 Å². The van der Waals surface area contributed by atoms with E-state index in [1.165, 1.54) is 37.4 Å². The summed E-state index contributed by atoms with van der Waals surface area (Å²) in [7, 11) is 6.82. The van der Waals surface area contributed by atoms with Crippen molar-refractivity contribution in [3.63, 3.8) is 0 Å². The Morgan fingerprint density at radius 2 is 1.77 bits per heavy atom. The Labute approximate surface area is 441 Å². The molecule has 4 rings (SSSR count). The van der Waals surface area contributed by atoms with E-state index >= 15 is 0 Å². The first kappa shape index (κ1) is 65.6. The standard InChI is InChI=1S/C54H84N10O3.C2H4.2CH5N/c1-16-46(42-25-26-47-44(32-42)45(34-53(12,13)36-67-20-5)51(63(47)19-4)43-24-23-28-57-49(43)41(11)66-15)59-39(9)33-54(27-21-22-29-58-61-54)60-40(10)50(37(6)7)62(14)30-31-64(48(65)17-2)52(55)38(8)35-56-18-3;3*1-2/h16-18,20,23-26,28,32,37-38,41,50,52,56,58,60-61H,2-3,5,10,19,21-22,27,29-31,33-36,55H2,1,4,6-9,11-15H3;1-2H2;2*2H2,1H3/b46-16-,59-39?;;;. The summed E-state index contributed by atoms with van der Waals surface area (Å²) >= 11 is 0. The number of carbonyl (C=O) groups is 1. The second kappa shape index (κ2) is 33.4. The maximum absolute atomic E-state index is 13.1. The maximum atomic E-state index is 13.1. The molecule has 10 N–H and O–H groups in total. The van der Waals surface area contributed by atoms with Crippen molar-refractivity contribution < 1.29 is 14.3 Å². The molecule has 5 unspecified atom stereocenters. The summed E-state index contributed by atoms with van der Waals surface area (Å²) in [5.41, 5.74) is 31.4. The van der Waals surface area contributed by atoms with E-state index < -0.39 is 11.8 Å². The predicted molar refractivity (Wildman–Crippen MR) is 311 cm³/mol. The van der Waals surface area contributed by atoms with Gasteiger partial charge < -0.3 is 46.8 Å². The molecule has 5 atom stereocenters. The molecule has 3 heterocycles. The number of fused-ring (bicyclic) bond motifs is 1. The van der Waals surface area contributed by atoms with Crippen LogP contribution in [0.1, 0.15) is 111 Å². The van der Waals surface area contributed by atoms with Crippen molar-refractivity contribution in [2.24, 2.45) is 39.4 Å². The van der Waals surface area contributed by atoms with Crippen LogP contribution < -0.4 is 38.7 Å². The molecule has 15 nitrogen and oxygen atoms in total. The van der Waals surface area contributed by atoms with Gasteiger partial charge in [-0.3, -0.25) is 25.1 Å². The van der Waals surface area contributed by atoms with Gasteiger partial charge in [-0.05, 0) is 123 Å². The molecule has 1 fully saturated rings. The van der Waals surface area contributed by atoms with Crippen molar-refractivity contribution in [1.29, 1.82) is 0 Å². The number of aromatic nitrogens is 2. The van der Waals surface area contributed by atoms with Gasteiger partial charge in [0.05, 0.1) is 48.3 Å². The molecule has 1 amide bonds. The number of aliphatic imine (C=N–C) groups is 1. The van der Waals surface area contributed by atoms with E-state index in [0.717, 1.165) is 83.9 Å². The fraction of sp³-hybridized carbons (Fsp3) is 0.534. The van der Waals surface area contributed by atoms with E-state index in [1.807, 2.05) is 26.1 Å². The highest BCUT2D eigenvalue weighted by Crippen LogP contribution is 2.41. The summed E-state index contributed by atoms with van der Waals surface area (Å²) in [6.45, 7) is 45.2. The van der Waals surface area contributed by atoms with Gasteiger partial charge in [0.1, 0.15) is 5.66 Å². The van der Waals surface area contributed by atoms with Gasteiger partial charge in [-0.25, -0.2) is 5.43 Å². The molecule has 73 heavy (non-hydrogen) atoms. The SMILES string of the molecule is C=C.C=CNCC(C)C(N)N(CCN(C)C(C(=C)NC1(CC(C)=N/C(=C\C)c2ccc3c(c2)c(CC(C)(C)COC=C)c(-c2cccnc2C(C)OC)n3CC)CCCCNN1)C(C)C)C(=O)C=C.CN.CN. The summed E-state index contributed by atoms with van der Waals surface area (Å²) in [4.78, 5) is 27.3. The molecule has 0 radical (unpaired) electrons. The summed E-state index contributed by atoms with van der Waals surface area (Å²) in [6.07, 6.45) is 12.1. The first-order valence-electron chi connectivity index (χ1n) is 25.8. The number of allylic oxidation sites excluding steroid dienone is 1. The van der Waals surface area contributed by atoms with Crippen LogP contribution in [0, 0.1) is 17.3 Å². The Kier molecular flexibility index (Phi) is 30.1. The van der Waals surface area contributed by atoms with E-state index in [2.05, 4.69) is 168 Å². The molecule has 3 aromatic rings. The Bertz CT molecular complexity index is 2220. The van der Waals surface area contributed by atoms with Crippen LogP contribution in [-0.2, 0) is 27.2 Å². The van der Waals surface area contributed by atoms with Crippen LogP contribution in [0.4, 0.5) is 0 Å². The topological polar surface area (TPSA) is 198 Å².